The molecule has 1 aliphatic heterocycles. The van der Waals surface area contributed by atoms with Crippen molar-refractivity contribution in [2.75, 3.05) is 13.1 Å². The molecule has 19 heavy (non-hydrogen) atoms. The lowest BCUT2D eigenvalue weighted by Crippen LogP contribution is -2.41. The lowest BCUT2D eigenvalue weighted by atomic mass is 9.82. The number of likely N-dealkylation sites (tertiary alicyclic amines) is 1. The summed E-state index contributed by atoms with van der Waals surface area (Å²) in [4.78, 5) is 13.8. The first-order valence-corrected chi connectivity index (χ1v) is 6.18. The Morgan fingerprint density at radius 1 is 1.37 bits per heavy atom. The number of para-hydroxylation sites is 1. The van der Waals surface area contributed by atoms with E-state index in [0.717, 1.165) is 0 Å². The van der Waals surface area contributed by atoms with Crippen LogP contribution in [0.1, 0.15) is 30.1 Å². The maximum absolute atomic E-state index is 12.2. The summed E-state index contributed by atoms with van der Waals surface area (Å²) in [6.07, 6.45) is 1.24. The van der Waals surface area contributed by atoms with Gasteiger partial charge in [0.25, 0.3) is 5.91 Å². The maximum atomic E-state index is 12.2. The maximum Gasteiger partial charge on any atom is 0.257 e. The summed E-state index contributed by atoms with van der Waals surface area (Å²) in [5.41, 5.74) is -0.280. The van der Waals surface area contributed by atoms with Crippen LogP contribution in [0.2, 0.25) is 0 Å². The largest absolute Gasteiger partial charge is 0.504 e. The number of phenols is 2. The highest BCUT2D eigenvalue weighted by molar-refractivity contribution is 5.97. The third kappa shape index (κ3) is 2.48. The van der Waals surface area contributed by atoms with Crippen LogP contribution in [0.4, 0.5) is 0 Å². The molecule has 0 spiro atoms. The lowest BCUT2D eigenvalue weighted by Gasteiger charge is -2.35. The first kappa shape index (κ1) is 13.2. The Morgan fingerprint density at radius 2 is 2.00 bits per heavy atom. The van der Waals surface area contributed by atoms with Gasteiger partial charge in [-0.2, -0.15) is 5.26 Å². The van der Waals surface area contributed by atoms with Crippen molar-refractivity contribution in [1.82, 2.24) is 4.90 Å². The molecule has 2 rings (SSSR count). The highest BCUT2D eigenvalue weighted by atomic mass is 16.3. The standard InChI is InChI=1S/C14H16N2O3/c1-14(9-15)5-7-16(8-6-14)13(19)10-3-2-4-11(17)12(10)18/h2-4,17-18H,5-8H2,1H3. The molecule has 0 aliphatic carbocycles. The molecule has 0 unspecified atom stereocenters. The Kier molecular flexibility index (Phi) is 3.34. The molecule has 100 valence electrons. The van der Waals surface area contributed by atoms with Crippen molar-refractivity contribution >= 4 is 5.91 Å². The first-order chi connectivity index (χ1) is 8.97. The molecule has 0 radical (unpaired) electrons. The van der Waals surface area contributed by atoms with Gasteiger partial charge in [0.05, 0.1) is 17.0 Å². The quantitative estimate of drug-likeness (QED) is 0.755. The molecule has 1 aliphatic rings. The second-order valence-electron chi connectivity index (χ2n) is 5.14. The number of nitrogens with zero attached hydrogens (tertiary/aromatic N) is 2. The van der Waals surface area contributed by atoms with Gasteiger partial charge in [-0.15, -0.1) is 0 Å². The number of hydrogen-bond acceptors (Lipinski definition) is 4. The van der Waals surface area contributed by atoms with Crippen LogP contribution in [0.5, 0.6) is 11.5 Å². The van der Waals surface area contributed by atoms with Crippen LogP contribution < -0.4 is 0 Å². The summed E-state index contributed by atoms with van der Waals surface area (Å²) in [5.74, 6) is -1.00. The number of rotatable bonds is 1. The SMILES string of the molecule is CC1(C#N)CCN(C(=O)c2cccc(O)c2O)CC1. The molecular weight excluding hydrogens is 244 g/mol. The molecule has 1 fully saturated rings. The molecule has 1 saturated heterocycles. The molecule has 1 aromatic rings. The Bertz CT molecular complexity index is 540. The van der Waals surface area contributed by atoms with Crippen LogP contribution in [0.15, 0.2) is 18.2 Å². The fraction of sp³-hybridized carbons (Fsp3) is 0.429. The fourth-order valence-corrected chi connectivity index (χ4v) is 2.19. The van der Waals surface area contributed by atoms with Gasteiger partial charge in [0.1, 0.15) is 0 Å². The van der Waals surface area contributed by atoms with Gasteiger partial charge >= 0.3 is 0 Å². The summed E-state index contributed by atoms with van der Waals surface area (Å²) in [7, 11) is 0. The molecule has 1 amide bonds. The second kappa shape index (κ2) is 4.81. The van der Waals surface area contributed by atoms with Crippen molar-refractivity contribution in [1.29, 1.82) is 5.26 Å². The topological polar surface area (TPSA) is 84.6 Å². The highest BCUT2D eigenvalue weighted by Crippen LogP contribution is 2.33. The first-order valence-electron chi connectivity index (χ1n) is 6.18. The predicted molar refractivity (Wildman–Crippen MR) is 68.6 cm³/mol. The van der Waals surface area contributed by atoms with Gasteiger partial charge in [0.2, 0.25) is 0 Å². The molecule has 2 N–H and O–H groups in total. The zero-order chi connectivity index (χ0) is 14.0. The van der Waals surface area contributed by atoms with Crippen molar-refractivity contribution in [2.24, 2.45) is 5.41 Å². The summed E-state index contributed by atoms with van der Waals surface area (Å²) < 4.78 is 0. The van der Waals surface area contributed by atoms with Gasteiger partial charge in [-0.3, -0.25) is 4.79 Å². The zero-order valence-corrected chi connectivity index (χ0v) is 10.8. The van der Waals surface area contributed by atoms with Crippen molar-refractivity contribution in [3.05, 3.63) is 23.8 Å². The predicted octanol–water partition coefficient (Wildman–Crippen LogP) is 1.86. The third-order valence-corrected chi connectivity index (χ3v) is 3.67. The van der Waals surface area contributed by atoms with E-state index in [9.17, 15) is 15.0 Å². The molecule has 0 bridgehead atoms. The molecule has 1 heterocycles. The van der Waals surface area contributed by atoms with E-state index in [0.29, 0.717) is 25.9 Å². The van der Waals surface area contributed by atoms with Crippen molar-refractivity contribution < 1.29 is 15.0 Å². The molecule has 1 aromatic carbocycles. The summed E-state index contributed by atoms with van der Waals surface area (Å²) >= 11 is 0. The average molecular weight is 260 g/mol. The van der Waals surface area contributed by atoms with Crippen molar-refractivity contribution in [3.8, 4) is 17.6 Å². The number of aromatic hydroxyl groups is 2. The minimum atomic E-state index is -0.388. The van der Waals surface area contributed by atoms with Crippen LogP contribution in [-0.4, -0.2) is 34.1 Å². The zero-order valence-electron chi connectivity index (χ0n) is 10.8. The minimum Gasteiger partial charge on any atom is -0.504 e. The Morgan fingerprint density at radius 3 is 2.58 bits per heavy atom. The van der Waals surface area contributed by atoms with Gasteiger partial charge in [-0.25, -0.2) is 0 Å². The number of carbonyl (C=O) groups is 1. The van der Waals surface area contributed by atoms with Crippen LogP contribution in [0.3, 0.4) is 0 Å². The van der Waals surface area contributed by atoms with E-state index in [1.54, 1.807) is 4.90 Å². The smallest absolute Gasteiger partial charge is 0.257 e. The van der Waals surface area contributed by atoms with E-state index >= 15 is 0 Å². The van der Waals surface area contributed by atoms with E-state index in [1.807, 2.05) is 6.92 Å². The Hall–Kier alpha value is -2.22. The molecule has 5 nitrogen and oxygen atoms in total. The van der Waals surface area contributed by atoms with Crippen LogP contribution >= 0.6 is 0 Å². The molecule has 0 aromatic heterocycles. The number of nitriles is 1. The summed E-state index contributed by atoms with van der Waals surface area (Å²) in [5, 5.41) is 28.1. The monoisotopic (exact) mass is 260 g/mol. The van der Waals surface area contributed by atoms with Crippen LogP contribution in [0.25, 0.3) is 0 Å². The van der Waals surface area contributed by atoms with Gasteiger partial charge in [0, 0.05) is 13.1 Å². The number of phenolic OH excluding ortho intramolecular Hbond substituents is 2. The van der Waals surface area contributed by atoms with Gasteiger partial charge in [-0.05, 0) is 31.9 Å². The minimum absolute atomic E-state index is 0.0977. The van der Waals surface area contributed by atoms with E-state index < -0.39 is 0 Å². The number of amides is 1. The Labute approximate surface area is 111 Å². The molecular formula is C14H16N2O3. The van der Waals surface area contributed by atoms with Crippen LogP contribution in [-0.2, 0) is 0 Å². The highest BCUT2D eigenvalue weighted by Gasteiger charge is 2.32. The number of piperidine rings is 1. The van der Waals surface area contributed by atoms with E-state index in [1.165, 1.54) is 18.2 Å². The van der Waals surface area contributed by atoms with Crippen molar-refractivity contribution in [3.63, 3.8) is 0 Å². The molecule has 5 heteroatoms. The number of benzene rings is 1. The lowest BCUT2D eigenvalue weighted by molar-refractivity contribution is 0.0658. The normalized spacial score (nSPS) is 17.8. The summed E-state index contributed by atoms with van der Waals surface area (Å²) in [6, 6.07) is 6.60. The van der Waals surface area contributed by atoms with Gasteiger partial charge in [0.15, 0.2) is 11.5 Å². The van der Waals surface area contributed by atoms with Gasteiger partial charge in [-0.1, -0.05) is 6.07 Å². The Balaban J connectivity index is 2.15. The molecule has 0 saturated carbocycles. The van der Waals surface area contributed by atoms with E-state index in [2.05, 4.69) is 6.07 Å². The second-order valence-corrected chi connectivity index (χ2v) is 5.14. The molecule has 0 atom stereocenters. The van der Waals surface area contributed by atoms with Gasteiger partial charge < -0.3 is 15.1 Å². The fourth-order valence-electron chi connectivity index (χ4n) is 2.19. The van der Waals surface area contributed by atoms with E-state index in [-0.39, 0.29) is 28.4 Å². The van der Waals surface area contributed by atoms with E-state index in [4.69, 9.17) is 5.26 Å². The van der Waals surface area contributed by atoms with Crippen LogP contribution in [0, 0.1) is 16.7 Å². The number of hydrogen-bond donors (Lipinski definition) is 2. The number of carbonyl (C=O) groups excluding carboxylic acids is 1. The third-order valence-electron chi connectivity index (χ3n) is 3.67. The average Bonchev–Trinajstić information content (AvgIpc) is 2.42. The summed E-state index contributed by atoms with van der Waals surface area (Å²) in [6.45, 7) is 2.86. The van der Waals surface area contributed by atoms with Crippen molar-refractivity contribution in [2.45, 2.75) is 19.8 Å².